The summed E-state index contributed by atoms with van der Waals surface area (Å²) >= 11 is 0. The Kier molecular flexibility index (Phi) is 3.91. The molecule has 1 aromatic heterocycles. The fourth-order valence-electron chi connectivity index (χ4n) is 2.47. The van der Waals surface area contributed by atoms with Crippen LogP contribution in [0.25, 0.3) is 0 Å². The number of fused-ring (bicyclic) bond motifs is 1. The van der Waals surface area contributed by atoms with Crippen molar-refractivity contribution in [3.8, 4) is 5.75 Å². The van der Waals surface area contributed by atoms with Gasteiger partial charge in [-0.05, 0) is 36.6 Å². The molecule has 2 N–H and O–H groups in total. The zero-order chi connectivity index (χ0) is 15.5. The summed E-state index contributed by atoms with van der Waals surface area (Å²) in [5.74, 6) is 0.894. The van der Waals surface area contributed by atoms with E-state index in [1.165, 1.54) is 0 Å². The fourth-order valence-corrected chi connectivity index (χ4v) is 2.47. The summed E-state index contributed by atoms with van der Waals surface area (Å²) < 4.78 is 5.56. The molecule has 1 aliphatic heterocycles. The number of rotatable bonds is 3. The number of nitrogen functional groups attached to an aromatic ring is 1. The van der Waals surface area contributed by atoms with Gasteiger partial charge in [-0.15, -0.1) is 0 Å². The van der Waals surface area contributed by atoms with Gasteiger partial charge in [0.25, 0.3) is 5.91 Å². The summed E-state index contributed by atoms with van der Waals surface area (Å²) in [5, 5.41) is 0. The molecule has 0 aliphatic carbocycles. The Hall–Kier alpha value is -2.63. The first-order chi connectivity index (χ1) is 10.6. The Morgan fingerprint density at radius 1 is 1.45 bits per heavy atom. The molecule has 0 bridgehead atoms. The molecule has 0 saturated carbocycles. The zero-order valence-electron chi connectivity index (χ0n) is 12.5. The summed E-state index contributed by atoms with van der Waals surface area (Å²) in [6.07, 6.45) is 2.48. The quantitative estimate of drug-likeness (QED) is 0.924. The molecular weight excluding hydrogens is 280 g/mol. The van der Waals surface area contributed by atoms with Crippen molar-refractivity contribution < 1.29 is 9.53 Å². The van der Waals surface area contributed by atoms with Crippen LogP contribution in [0.4, 0.5) is 5.95 Å². The fraction of sp³-hybridized carbons (Fsp3) is 0.312. The van der Waals surface area contributed by atoms with Crippen LogP contribution in [0.15, 0.2) is 30.5 Å². The lowest BCUT2D eigenvalue weighted by Crippen LogP contribution is -2.39. The average molecular weight is 298 g/mol. The number of nitrogens with two attached hydrogens (primary N) is 1. The van der Waals surface area contributed by atoms with Crippen LogP contribution in [0, 0.1) is 6.92 Å². The van der Waals surface area contributed by atoms with Gasteiger partial charge in [0.15, 0.2) is 6.61 Å². The number of carbonyl (C=O) groups excluding carboxylic acids is 1. The Bertz CT molecular complexity index is 702. The van der Waals surface area contributed by atoms with E-state index in [0.717, 1.165) is 23.2 Å². The smallest absolute Gasteiger partial charge is 0.260 e. The average Bonchev–Trinajstić information content (AvgIpc) is 2.52. The van der Waals surface area contributed by atoms with Gasteiger partial charge in [0.1, 0.15) is 5.75 Å². The first kappa shape index (κ1) is 14.3. The predicted octanol–water partition coefficient (Wildman–Crippen LogP) is 1.33. The molecule has 2 aromatic rings. The molecule has 0 spiro atoms. The minimum Gasteiger partial charge on any atom is -0.484 e. The lowest BCUT2D eigenvalue weighted by atomic mass is 10.1. The molecule has 114 valence electrons. The predicted molar refractivity (Wildman–Crippen MR) is 82.2 cm³/mol. The maximum absolute atomic E-state index is 12.3. The number of anilines is 1. The van der Waals surface area contributed by atoms with Gasteiger partial charge >= 0.3 is 0 Å². The Balaban J connectivity index is 1.62. The third kappa shape index (κ3) is 3.16. The molecule has 1 aliphatic rings. The summed E-state index contributed by atoms with van der Waals surface area (Å²) in [6, 6.07) is 7.65. The molecular formula is C16H18N4O2. The molecule has 0 fully saturated rings. The second-order valence-electron chi connectivity index (χ2n) is 5.37. The highest BCUT2D eigenvalue weighted by Gasteiger charge is 2.22. The first-order valence-corrected chi connectivity index (χ1v) is 7.19. The molecule has 0 saturated heterocycles. The number of hydrogen-bond acceptors (Lipinski definition) is 5. The minimum absolute atomic E-state index is 0.0271. The number of amides is 1. The molecule has 1 aromatic carbocycles. The molecule has 6 nitrogen and oxygen atoms in total. The van der Waals surface area contributed by atoms with Crippen LogP contribution in [-0.2, 0) is 17.8 Å². The van der Waals surface area contributed by atoms with E-state index in [9.17, 15) is 4.79 Å². The topological polar surface area (TPSA) is 81.3 Å². The Morgan fingerprint density at radius 2 is 2.32 bits per heavy atom. The molecule has 1 amide bonds. The van der Waals surface area contributed by atoms with Crippen LogP contribution >= 0.6 is 0 Å². The Labute approximate surface area is 128 Å². The number of carbonyl (C=O) groups is 1. The summed E-state index contributed by atoms with van der Waals surface area (Å²) in [6.45, 7) is 3.12. The van der Waals surface area contributed by atoms with E-state index in [0.29, 0.717) is 18.8 Å². The lowest BCUT2D eigenvalue weighted by Gasteiger charge is -2.27. The molecule has 6 heteroatoms. The van der Waals surface area contributed by atoms with E-state index in [-0.39, 0.29) is 18.5 Å². The Morgan fingerprint density at radius 3 is 3.14 bits per heavy atom. The third-order valence-corrected chi connectivity index (χ3v) is 3.67. The van der Waals surface area contributed by atoms with E-state index in [2.05, 4.69) is 9.97 Å². The van der Waals surface area contributed by atoms with Crippen LogP contribution < -0.4 is 10.5 Å². The first-order valence-electron chi connectivity index (χ1n) is 7.19. The van der Waals surface area contributed by atoms with Crippen LogP contribution in [0.5, 0.6) is 5.75 Å². The van der Waals surface area contributed by atoms with Crippen LogP contribution in [0.2, 0.25) is 0 Å². The number of aryl methyl sites for hydroxylation is 1. The number of hydrogen-bond donors (Lipinski definition) is 1. The van der Waals surface area contributed by atoms with Gasteiger partial charge in [-0.1, -0.05) is 12.1 Å². The second kappa shape index (κ2) is 6.01. The van der Waals surface area contributed by atoms with Crippen molar-refractivity contribution >= 4 is 11.9 Å². The molecule has 2 heterocycles. The van der Waals surface area contributed by atoms with Gasteiger partial charge in [0.2, 0.25) is 5.95 Å². The van der Waals surface area contributed by atoms with Crippen molar-refractivity contribution in [3.63, 3.8) is 0 Å². The second-order valence-corrected chi connectivity index (χ2v) is 5.37. The van der Waals surface area contributed by atoms with Crippen molar-refractivity contribution in [3.05, 3.63) is 47.3 Å². The SMILES string of the molecule is Cc1cccc(OCC(=O)N2CCc3cnc(N)nc3C2)c1. The van der Waals surface area contributed by atoms with Crippen molar-refractivity contribution in [2.75, 3.05) is 18.9 Å². The lowest BCUT2D eigenvalue weighted by molar-refractivity contribution is -0.134. The van der Waals surface area contributed by atoms with Gasteiger partial charge in [0, 0.05) is 12.7 Å². The monoisotopic (exact) mass is 298 g/mol. The van der Waals surface area contributed by atoms with Gasteiger partial charge in [0.05, 0.1) is 12.2 Å². The third-order valence-electron chi connectivity index (χ3n) is 3.67. The van der Waals surface area contributed by atoms with E-state index in [1.807, 2.05) is 31.2 Å². The summed E-state index contributed by atoms with van der Waals surface area (Å²) in [4.78, 5) is 22.2. The normalized spacial score (nSPS) is 13.6. The van der Waals surface area contributed by atoms with Crippen LogP contribution in [0.3, 0.4) is 0 Å². The number of ether oxygens (including phenoxy) is 1. The van der Waals surface area contributed by atoms with Crippen LogP contribution in [0.1, 0.15) is 16.8 Å². The van der Waals surface area contributed by atoms with Gasteiger partial charge in [-0.25, -0.2) is 9.97 Å². The minimum atomic E-state index is -0.0515. The summed E-state index contributed by atoms with van der Waals surface area (Å²) in [5.41, 5.74) is 8.58. The maximum Gasteiger partial charge on any atom is 0.260 e. The van der Waals surface area contributed by atoms with E-state index in [4.69, 9.17) is 10.5 Å². The standard InChI is InChI=1S/C16H18N4O2/c1-11-3-2-4-13(7-11)22-10-15(21)20-6-5-12-8-18-16(17)19-14(12)9-20/h2-4,7-8H,5-6,9-10H2,1H3,(H2,17,18,19). The zero-order valence-corrected chi connectivity index (χ0v) is 12.5. The molecule has 0 unspecified atom stereocenters. The molecule has 22 heavy (non-hydrogen) atoms. The molecule has 0 radical (unpaired) electrons. The highest BCUT2D eigenvalue weighted by molar-refractivity contribution is 5.78. The van der Waals surface area contributed by atoms with Gasteiger partial charge < -0.3 is 15.4 Å². The van der Waals surface area contributed by atoms with E-state index >= 15 is 0 Å². The van der Waals surface area contributed by atoms with Crippen molar-refractivity contribution in [1.82, 2.24) is 14.9 Å². The van der Waals surface area contributed by atoms with Gasteiger partial charge in [-0.2, -0.15) is 0 Å². The largest absolute Gasteiger partial charge is 0.484 e. The molecule has 0 atom stereocenters. The highest BCUT2D eigenvalue weighted by atomic mass is 16.5. The molecule has 3 rings (SSSR count). The van der Waals surface area contributed by atoms with Crippen molar-refractivity contribution in [2.24, 2.45) is 0 Å². The summed E-state index contributed by atoms with van der Waals surface area (Å²) in [7, 11) is 0. The van der Waals surface area contributed by atoms with Gasteiger partial charge in [-0.3, -0.25) is 4.79 Å². The van der Waals surface area contributed by atoms with Crippen molar-refractivity contribution in [2.45, 2.75) is 19.9 Å². The van der Waals surface area contributed by atoms with Crippen LogP contribution in [-0.4, -0.2) is 33.9 Å². The van der Waals surface area contributed by atoms with E-state index in [1.54, 1.807) is 11.1 Å². The maximum atomic E-state index is 12.3. The number of benzene rings is 1. The van der Waals surface area contributed by atoms with E-state index < -0.39 is 0 Å². The number of aromatic nitrogens is 2. The van der Waals surface area contributed by atoms with Crippen molar-refractivity contribution in [1.29, 1.82) is 0 Å². The number of nitrogens with zero attached hydrogens (tertiary/aromatic N) is 3. The highest BCUT2D eigenvalue weighted by Crippen LogP contribution is 2.18.